The van der Waals surface area contributed by atoms with Crippen LogP contribution in [0.3, 0.4) is 0 Å². The van der Waals surface area contributed by atoms with Crippen LogP contribution in [0.4, 0.5) is 8.78 Å². The topological polar surface area (TPSA) is 32.3 Å². The number of alkyl halides is 2. The van der Waals surface area contributed by atoms with Crippen molar-refractivity contribution in [2.75, 3.05) is 30.4 Å². The van der Waals surface area contributed by atoms with Crippen LogP contribution in [0.5, 0.6) is 0 Å². The maximum atomic E-state index is 12.8. The van der Waals surface area contributed by atoms with E-state index >= 15 is 0 Å². The lowest BCUT2D eigenvalue weighted by Crippen LogP contribution is -2.39. The Labute approximate surface area is 117 Å². The zero-order chi connectivity index (χ0) is 14.9. The molecular weight excluding hydrogens is 268 g/mol. The summed E-state index contributed by atoms with van der Waals surface area (Å²) >= 11 is 0. The van der Waals surface area contributed by atoms with Crippen LogP contribution in [0, 0.1) is 11.2 Å². The fourth-order valence-electron chi connectivity index (χ4n) is 1.63. The van der Waals surface area contributed by atoms with E-state index in [2.05, 4.69) is 37.3 Å². The van der Waals surface area contributed by atoms with E-state index in [0.717, 1.165) is 17.3 Å². The van der Waals surface area contributed by atoms with Crippen LogP contribution in [0.25, 0.3) is 0 Å². The number of aliphatic hydroxyl groups excluding tert-OH is 1. The van der Waals surface area contributed by atoms with Gasteiger partial charge in [-0.25, -0.2) is 8.78 Å². The second kappa shape index (κ2) is 8.78. The van der Waals surface area contributed by atoms with Crippen LogP contribution in [0.1, 0.15) is 34.1 Å². The molecule has 0 aliphatic rings. The molecule has 1 atom stereocenters. The third-order valence-electron chi connectivity index (χ3n) is 3.30. The van der Waals surface area contributed by atoms with Crippen molar-refractivity contribution in [2.45, 2.75) is 46.1 Å². The van der Waals surface area contributed by atoms with E-state index in [9.17, 15) is 8.78 Å². The Balaban J connectivity index is 4.27. The Bertz CT molecular complexity index is 300. The highest BCUT2D eigenvalue weighted by molar-refractivity contribution is 8.37. The largest absolute Gasteiger partial charge is 0.390 e. The van der Waals surface area contributed by atoms with Gasteiger partial charge in [0.15, 0.2) is 0 Å². The molecule has 2 N–H and O–H groups in total. The van der Waals surface area contributed by atoms with Crippen LogP contribution in [-0.2, 0) is 0 Å². The summed E-state index contributed by atoms with van der Waals surface area (Å²) in [5.41, 5.74) is 0. The van der Waals surface area contributed by atoms with Crippen molar-refractivity contribution in [1.29, 1.82) is 0 Å². The van der Waals surface area contributed by atoms with Gasteiger partial charge in [-0.3, -0.25) is 0 Å². The fraction of sp³-hybridized carbons (Fsp3) is 0.857. The lowest BCUT2D eigenvalue weighted by Gasteiger charge is -2.30. The Hall–Kier alpha value is -0.310. The monoisotopic (exact) mass is 295 g/mol. The van der Waals surface area contributed by atoms with Crippen LogP contribution in [0.15, 0.2) is 0 Å². The Morgan fingerprint density at radius 3 is 2.16 bits per heavy atom. The SMILES string of the molecule is CCS(C#CC[C@@H](C)NCC(F)(F)CO)(CC)CC. The molecule has 0 fully saturated rings. The first kappa shape index (κ1) is 18.7. The molecule has 5 heteroatoms. The third-order valence-corrected chi connectivity index (χ3v) is 7.19. The highest BCUT2D eigenvalue weighted by atomic mass is 32.3. The summed E-state index contributed by atoms with van der Waals surface area (Å²) in [6.07, 6.45) is 0.566. The van der Waals surface area contributed by atoms with Crippen molar-refractivity contribution in [3.05, 3.63) is 0 Å². The predicted octanol–water partition coefficient (Wildman–Crippen LogP) is 2.81. The molecule has 19 heavy (non-hydrogen) atoms. The third kappa shape index (κ3) is 7.14. The molecule has 2 nitrogen and oxygen atoms in total. The molecule has 0 saturated heterocycles. The Morgan fingerprint density at radius 1 is 1.21 bits per heavy atom. The maximum Gasteiger partial charge on any atom is 0.282 e. The minimum absolute atomic E-state index is 0.0902. The second-order valence-corrected chi connectivity index (χ2v) is 8.72. The summed E-state index contributed by atoms with van der Waals surface area (Å²) in [4.78, 5) is 0. The zero-order valence-corrected chi connectivity index (χ0v) is 13.2. The number of hydrogen-bond donors (Lipinski definition) is 2. The van der Waals surface area contributed by atoms with Gasteiger partial charge in [0, 0.05) is 12.5 Å². The van der Waals surface area contributed by atoms with E-state index in [-0.39, 0.29) is 6.04 Å². The molecule has 0 unspecified atom stereocenters. The average Bonchev–Trinajstić information content (AvgIpc) is 2.42. The average molecular weight is 295 g/mol. The molecule has 0 aromatic rings. The molecule has 0 aliphatic heterocycles. The van der Waals surface area contributed by atoms with Gasteiger partial charge in [-0.05, 0) is 24.2 Å². The number of halogens is 2. The van der Waals surface area contributed by atoms with Crippen molar-refractivity contribution in [3.63, 3.8) is 0 Å². The summed E-state index contributed by atoms with van der Waals surface area (Å²) in [6.45, 7) is 6.72. The van der Waals surface area contributed by atoms with E-state index in [4.69, 9.17) is 5.11 Å². The molecule has 0 spiro atoms. The summed E-state index contributed by atoms with van der Waals surface area (Å²) in [7, 11) is -0.831. The molecular formula is C14H27F2NOS. The van der Waals surface area contributed by atoms with E-state index in [1.165, 1.54) is 0 Å². The van der Waals surface area contributed by atoms with E-state index in [1.807, 2.05) is 6.92 Å². The normalized spacial score (nSPS) is 14.7. The molecule has 0 saturated carbocycles. The van der Waals surface area contributed by atoms with Gasteiger partial charge in [0.05, 0.1) is 6.54 Å². The summed E-state index contributed by atoms with van der Waals surface area (Å²) < 4.78 is 25.7. The van der Waals surface area contributed by atoms with Gasteiger partial charge in [0.2, 0.25) is 0 Å². The number of nitrogens with one attached hydrogen (secondary N) is 1. The van der Waals surface area contributed by atoms with Crippen LogP contribution >= 0.6 is 10.0 Å². The molecule has 0 aromatic carbocycles. The van der Waals surface area contributed by atoms with Gasteiger partial charge >= 0.3 is 0 Å². The summed E-state index contributed by atoms with van der Waals surface area (Å²) in [6, 6.07) is -0.0902. The van der Waals surface area contributed by atoms with Crippen molar-refractivity contribution in [2.24, 2.45) is 0 Å². The molecule has 0 rings (SSSR count). The quantitative estimate of drug-likeness (QED) is 0.675. The molecule has 114 valence electrons. The standard InChI is InChI=1S/C14H27F2NOS/c1-5-19(6-2,7-3)10-8-9-13(4)17-11-14(15,16)12-18/h13,17-18H,5-7,9,11-12H2,1-4H3/t13-/m1/s1. The van der Waals surface area contributed by atoms with Crippen LogP contribution in [-0.4, -0.2) is 47.5 Å². The van der Waals surface area contributed by atoms with Gasteiger partial charge in [-0.15, -0.1) is 0 Å². The first-order valence-electron chi connectivity index (χ1n) is 6.82. The van der Waals surface area contributed by atoms with Gasteiger partial charge in [-0.1, -0.05) is 31.9 Å². The van der Waals surface area contributed by atoms with E-state index < -0.39 is 29.1 Å². The Morgan fingerprint density at radius 2 is 1.74 bits per heavy atom. The minimum atomic E-state index is -3.05. The van der Waals surface area contributed by atoms with Gasteiger partial charge in [-0.2, -0.15) is 10.0 Å². The lowest BCUT2D eigenvalue weighted by molar-refractivity contribution is -0.0489. The lowest BCUT2D eigenvalue weighted by atomic mass is 10.2. The van der Waals surface area contributed by atoms with E-state index in [1.54, 1.807) is 0 Å². The highest BCUT2D eigenvalue weighted by Crippen LogP contribution is 2.45. The molecule has 0 bridgehead atoms. The van der Waals surface area contributed by atoms with Crippen LogP contribution in [0.2, 0.25) is 0 Å². The second-order valence-electron chi connectivity index (χ2n) is 4.69. The van der Waals surface area contributed by atoms with Crippen molar-refractivity contribution >= 4 is 10.0 Å². The van der Waals surface area contributed by atoms with Crippen molar-refractivity contribution in [3.8, 4) is 11.2 Å². The molecule has 0 aromatic heterocycles. The molecule has 0 aliphatic carbocycles. The number of rotatable bonds is 8. The van der Waals surface area contributed by atoms with Gasteiger partial charge in [0.1, 0.15) is 6.61 Å². The molecule has 0 radical (unpaired) electrons. The minimum Gasteiger partial charge on any atom is -0.390 e. The molecule has 0 amide bonds. The smallest absolute Gasteiger partial charge is 0.282 e. The van der Waals surface area contributed by atoms with Crippen LogP contribution < -0.4 is 5.32 Å². The first-order chi connectivity index (χ1) is 8.84. The fourth-order valence-corrected chi connectivity index (χ4v) is 3.68. The van der Waals surface area contributed by atoms with Gasteiger partial charge < -0.3 is 10.4 Å². The maximum absolute atomic E-state index is 12.8. The number of aliphatic hydroxyl groups is 1. The number of hydrogen-bond acceptors (Lipinski definition) is 2. The zero-order valence-electron chi connectivity index (χ0n) is 12.4. The van der Waals surface area contributed by atoms with Crippen molar-refractivity contribution in [1.82, 2.24) is 5.32 Å². The van der Waals surface area contributed by atoms with E-state index in [0.29, 0.717) is 6.42 Å². The highest BCUT2D eigenvalue weighted by Gasteiger charge is 2.27. The summed E-state index contributed by atoms with van der Waals surface area (Å²) in [5.74, 6) is 3.39. The summed E-state index contributed by atoms with van der Waals surface area (Å²) in [5, 5.41) is 14.6. The first-order valence-corrected chi connectivity index (χ1v) is 8.96. The molecule has 0 heterocycles. The van der Waals surface area contributed by atoms with Crippen molar-refractivity contribution < 1.29 is 13.9 Å². The Kier molecular flexibility index (Phi) is 8.64. The van der Waals surface area contributed by atoms with Gasteiger partial charge in [0.25, 0.3) is 5.92 Å². The predicted molar refractivity (Wildman–Crippen MR) is 81.1 cm³/mol.